The van der Waals surface area contributed by atoms with Crippen LogP contribution in [0.15, 0.2) is 42.5 Å². The van der Waals surface area contributed by atoms with Crippen molar-refractivity contribution in [2.45, 2.75) is 6.54 Å². The van der Waals surface area contributed by atoms with Crippen LogP contribution >= 0.6 is 11.6 Å². The summed E-state index contributed by atoms with van der Waals surface area (Å²) in [4.78, 5) is 0. The molecule has 0 amide bonds. The molecule has 0 aliphatic carbocycles. The van der Waals surface area contributed by atoms with Crippen molar-refractivity contribution >= 4 is 17.3 Å². The summed E-state index contributed by atoms with van der Waals surface area (Å²) in [7, 11) is 1.64. The van der Waals surface area contributed by atoms with Crippen molar-refractivity contribution in [3.05, 3.63) is 58.6 Å². The van der Waals surface area contributed by atoms with E-state index >= 15 is 0 Å². The second-order valence-corrected chi connectivity index (χ2v) is 4.42. The minimum Gasteiger partial charge on any atom is -0.497 e. The van der Waals surface area contributed by atoms with Crippen LogP contribution in [0.2, 0.25) is 5.02 Å². The molecule has 0 saturated heterocycles. The first-order valence-corrected chi connectivity index (χ1v) is 6.17. The van der Waals surface area contributed by atoms with E-state index in [4.69, 9.17) is 21.6 Å². The van der Waals surface area contributed by atoms with Crippen LogP contribution in [0, 0.1) is 11.3 Å². The zero-order valence-electron chi connectivity index (χ0n) is 10.5. The van der Waals surface area contributed by atoms with E-state index in [0.717, 1.165) is 17.0 Å². The standard InChI is InChI=1S/C15H13ClN2O/c1-19-13-5-2-11(3-6-13)10-18-15-7-4-12(9-17)8-14(15)16/h2-8,18H,10H2,1H3. The molecule has 0 bridgehead atoms. The number of ether oxygens (including phenoxy) is 1. The number of nitrogens with one attached hydrogen (secondary N) is 1. The molecule has 2 aromatic carbocycles. The van der Waals surface area contributed by atoms with Gasteiger partial charge in [-0.05, 0) is 35.9 Å². The van der Waals surface area contributed by atoms with Crippen LogP contribution in [0.25, 0.3) is 0 Å². The van der Waals surface area contributed by atoms with Gasteiger partial charge in [-0.2, -0.15) is 5.26 Å². The third-order valence-corrected chi connectivity index (χ3v) is 3.05. The summed E-state index contributed by atoms with van der Waals surface area (Å²) in [5.41, 5.74) is 2.50. The third-order valence-electron chi connectivity index (χ3n) is 2.74. The fourth-order valence-electron chi connectivity index (χ4n) is 1.67. The average Bonchev–Trinajstić information content (AvgIpc) is 2.46. The van der Waals surface area contributed by atoms with Crippen molar-refractivity contribution in [3.63, 3.8) is 0 Å². The summed E-state index contributed by atoms with van der Waals surface area (Å²) in [5.74, 6) is 0.833. The topological polar surface area (TPSA) is 45.0 Å². The van der Waals surface area contributed by atoms with Gasteiger partial charge in [0.25, 0.3) is 0 Å². The van der Waals surface area contributed by atoms with Gasteiger partial charge in [-0.25, -0.2) is 0 Å². The summed E-state index contributed by atoms with van der Waals surface area (Å²) >= 11 is 6.09. The highest BCUT2D eigenvalue weighted by Crippen LogP contribution is 2.23. The number of rotatable bonds is 4. The third kappa shape index (κ3) is 3.40. The lowest BCUT2D eigenvalue weighted by molar-refractivity contribution is 0.414. The fraction of sp³-hybridized carbons (Fsp3) is 0.133. The van der Waals surface area contributed by atoms with Gasteiger partial charge in [0.2, 0.25) is 0 Å². The predicted octanol–water partition coefficient (Wildman–Crippen LogP) is 3.83. The van der Waals surface area contributed by atoms with E-state index in [0.29, 0.717) is 17.1 Å². The number of benzene rings is 2. The molecule has 0 heterocycles. The minimum atomic E-state index is 0.549. The van der Waals surface area contributed by atoms with Crippen molar-refractivity contribution in [1.29, 1.82) is 5.26 Å². The van der Waals surface area contributed by atoms with Crippen LogP contribution in [0.1, 0.15) is 11.1 Å². The highest BCUT2D eigenvalue weighted by atomic mass is 35.5. The molecular formula is C15H13ClN2O. The summed E-state index contributed by atoms with van der Waals surface area (Å²) < 4.78 is 5.10. The van der Waals surface area contributed by atoms with Gasteiger partial charge in [-0.3, -0.25) is 0 Å². The monoisotopic (exact) mass is 272 g/mol. The molecule has 3 nitrogen and oxygen atoms in total. The molecule has 19 heavy (non-hydrogen) atoms. The van der Waals surface area contributed by atoms with Crippen molar-refractivity contribution in [2.75, 3.05) is 12.4 Å². The number of nitrogens with zero attached hydrogens (tertiary/aromatic N) is 1. The Labute approximate surface area is 117 Å². The summed E-state index contributed by atoms with van der Waals surface area (Å²) in [6.07, 6.45) is 0. The average molecular weight is 273 g/mol. The lowest BCUT2D eigenvalue weighted by Crippen LogP contribution is -2.00. The van der Waals surface area contributed by atoms with Gasteiger partial charge in [0.1, 0.15) is 5.75 Å². The van der Waals surface area contributed by atoms with E-state index in [2.05, 4.69) is 11.4 Å². The van der Waals surface area contributed by atoms with Gasteiger partial charge in [0.15, 0.2) is 0 Å². The Kier molecular flexibility index (Phi) is 4.27. The second-order valence-electron chi connectivity index (χ2n) is 4.01. The molecule has 0 saturated carbocycles. The van der Waals surface area contributed by atoms with Crippen molar-refractivity contribution < 1.29 is 4.74 Å². The van der Waals surface area contributed by atoms with Crippen molar-refractivity contribution in [2.24, 2.45) is 0 Å². The lowest BCUT2D eigenvalue weighted by atomic mass is 10.2. The largest absolute Gasteiger partial charge is 0.497 e. The maximum absolute atomic E-state index is 8.77. The summed E-state index contributed by atoms with van der Waals surface area (Å²) in [6.45, 7) is 0.662. The molecule has 0 aliphatic rings. The number of nitriles is 1. The molecule has 0 unspecified atom stereocenters. The van der Waals surface area contributed by atoms with Gasteiger partial charge in [-0.1, -0.05) is 23.7 Å². The first-order valence-electron chi connectivity index (χ1n) is 5.79. The van der Waals surface area contributed by atoms with E-state index in [1.165, 1.54) is 0 Å². The Morgan fingerprint density at radius 2 is 1.95 bits per heavy atom. The zero-order chi connectivity index (χ0) is 13.7. The molecule has 2 aromatic rings. The van der Waals surface area contributed by atoms with Crippen LogP contribution in [0.3, 0.4) is 0 Å². The van der Waals surface area contributed by atoms with E-state index in [1.54, 1.807) is 19.2 Å². The quantitative estimate of drug-likeness (QED) is 0.920. The number of hydrogen-bond donors (Lipinski definition) is 1. The van der Waals surface area contributed by atoms with Gasteiger partial charge in [-0.15, -0.1) is 0 Å². The van der Waals surface area contributed by atoms with E-state index in [9.17, 15) is 0 Å². The molecule has 0 fully saturated rings. The molecule has 96 valence electrons. The number of methoxy groups -OCH3 is 1. The highest BCUT2D eigenvalue weighted by molar-refractivity contribution is 6.33. The Morgan fingerprint density at radius 3 is 2.53 bits per heavy atom. The number of anilines is 1. The molecule has 0 aliphatic heterocycles. The van der Waals surface area contributed by atoms with Crippen LogP contribution in [0.5, 0.6) is 5.75 Å². The highest BCUT2D eigenvalue weighted by Gasteiger charge is 2.02. The smallest absolute Gasteiger partial charge is 0.118 e. The number of hydrogen-bond acceptors (Lipinski definition) is 3. The second kappa shape index (κ2) is 6.12. The first-order chi connectivity index (χ1) is 9.22. The van der Waals surface area contributed by atoms with Crippen LogP contribution in [-0.2, 0) is 6.54 Å². The molecule has 0 spiro atoms. The van der Waals surface area contributed by atoms with Gasteiger partial charge in [0, 0.05) is 6.54 Å². The number of halogens is 1. The summed E-state index contributed by atoms with van der Waals surface area (Å²) in [5, 5.41) is 12.6. The Morgan fingerprint density at radius 1 is 1.21 bits per heavy atom. The molecule has 0 aromatic heterocycles. The Balaban J connectivity index is 2.04. The molecule has 1 N–H and O–H groups in total. The molecule has 0 radical (unpaired) electrons. The van der Waals surface area contributed by atoms with Crippen LogP contribution in [-0.4, -0.2) is 7.11 Å². The van der Waals surface area contributed by atoms with Gasteiger partial charge >= 0.3 is 0 Å². The zero-order valence-corrected chi connectivity index (χ0v) is 11.2. The predicted molar refractivity (Wildman–Crippen MR) is 76.5 cm³/mol. The normalized spacial score (nSPS) is 9.74. The van der Waals surface area contributed by atoms with Crippen molar-refractivity contribution in [3.8, 4) is 11.8 Å². The van der Waals surface area contributed by atoms with Gasteiger partial charge in [0.05, 0.1) is 29.5 Å². The first kappa shape index (κ1) is 13.3. The lowest BCUT2D eigenvalue weighted by Gasteiger charge is -2.09. The molecular weight excluding hydrogens is 260 g/mol. The Hall–Kier alpha value is -2.18. The maximum atomic E-state index is 8.77. The maximum Gasteiger partial charge on any atom is 0.118 e. The van der Waals surface area contributed by atoms with Crippen LogP contribution < -0.4 is 10.1 Å². The summed E-state index contributed by atoms with van der Waals surface area (Å²) in [6, 6.07) is 15.1. The van der Waals surface area contributed by atoms with E-state index in [1.807, 2.05) is 30.3 Å². The van der Waals surface area contributed by atoms with Gasteiger partial charge < -0.3 is 10.1 Å². The van der Waals surface area contributed by atoms with E-state index in [-0.39, 0.29) is 0 Å². The molecule has 0 atom stereocenters. The molecule has 2 rings (SSSR count). The van der Waals surface area contributed by atoms with Crippen LogP contribution in [0.4, 0.5) is 5.69 Å². The van der Waals surface area contributed by atoms with E-state index < -0.39 is 0 Å². The fourth-order valence-corrected chi connectivity index (χ4v) is 1.92. The minimum absolute atomic E-state index is 0.549. The SMILES string of the molecule is COc1ccc(CNc2ccc(C#N)cc2Cl)cc1. The Bertz CT molecular complexity index is 603. The molecule has 4 heteroatoms. The van der Waals surface area contributed by atoms with Crippen molar-refractivity contribution in [1.82, 2.24) is 0 Å².